The molecule has 0 aromatic rings. The van der Waals surface area contributed by atoms with Crippen LogP contribution in [-0.2, 0) is 14.4 Å². The van der Waals surface area contributed by atoms with Gasteiger partial charge in [0.1, 0.15) is 12.2 Å². The molecule has 8 heteroatoms. The molecule has 14 heavy (non-hydrogen) atoms. The summed E-state index contributed by atoms with van der Waals surface area (Å²) in [5, 5.41) is 34.6. The summed E-state index contributed by atoms with van der Waals surface area (Å²) in [7, 11) is 0. The van der Waals surface area contributed by atoms with Crippen LogP contribution in [0.25, 0.3) is 0 Å². The van der Waals surface area contributed by atoms with Gasteiger partial charge in [-0.15, -0.1) is 0 Å². The van der Waals surface area contributed by atoms with E-state index in [-0.39, 0.29) is 0 Å². The van der Waals surface area contributed by atoms with Crippen molar-refractivity contribution >= 4 is 11.8 Å². The van der Waals surface area contributed by atoms with Crippen molar-refractivity contribution in [2.45, 2.75) is 18.3 Å². The standard InChI is InChI=1S/C6H11NO7/c7-14-5(4(11)6(12)13)3(10)2(9)1-8/h2-3,5,8-10H,1,7H2,(H,12,13)/t2-,3-,5+/m1/s1. The summed E-state index contributed by atoms with van der Waals surface area (Å²) in [5.74, 6) is 1.20. The number of aliphatic hydroxyl groups is 3. The molecule has 6 N–H and O–H groups in total. The predicted molar refractivity (Wildman–Crippen MR) is 40.8 cm³/mol. The molecule has 0 aliphatic heterocycles. The van der Waals surface area contributed by atoms with E-state index in [2.05, 4.69) is 10.7 Å². The van der Waals surface area contributed by atoms with Gasteiger partial charge in [-0.25, -0.2) is 10.7 Å². The van der Waals surface area contributed by atoms with Crippen LogP contribution < -0.4 is 5.90 Å². The average Bonchev–Trinajstić information content (AvgIpc) is 2.17. The van der Waals surface area contributed by atoms with Crippen molar-refractivity contribution in [2.75, 3.05) is 6.61 Å². The second-order valence-electron chi connectivity index (χ2n) is 2.47. The molecule has 0 fully saturated rings. The first-order valence-corrected chi connectivity index (χ1v) is 3.55. The van der Waals surface area contributed by atoms with Crippen molar-refractivity contribution in [1.29, 1.82) is 0 Å². The van der Waals surface area contributed by atoms with Crippen molar-refractivity contribution in [3.8, 4) is 0 Å². The fourth-order valence-electron chi connectivity index (χ4n) is 0.729. The Hall–Kier alpha value is -1.06. The summed E-state index contributed by atoms with van der Waals surface area (Å²) >= 11 is 0. The van der Waals surface area contributed by atoms with E-state index in [4.69, 9.17) is 20.4 Å². The molecule has 0 aromatic heterocycles. The number of carbonyl (C=O) groups excluding carboxylic acids is 1. The van der Waals surface area contributed by atoms with Gasteiger partial charge in [0.25, 0.3) is 5.78 Å². The second-order valence-corrected chi connectivity index (χ2v) is 2.47. The van der Waals surface area contributed by atoms with Crippen LogP contribution in [-0.4, -0.2) is 57.1 Å². The van der Waals surface area contributed by atoms with Crippen molar-refractivity contribution in [3.05, 3.63) is 0 Å². The Balaban J connectivity index is 4.55. The fourth-order valence-corrected chi connectivity index (χ4v) is 0.729. The maximum Gasteiger partial charge on any atom is 0.375 e. The maximum atomic E-state index is 10.8. The Kier molecular flexibility index (Phi) is 5.20. The van der Waals surface area contributed by atoms with Crippen LogP contribution in [0, 0.1) is 0 Å². The van der Waals surface area contributed by atoms with Gasteiger partial charge < -0.3 is 20.4 Å². The molecule has 0 saturated carbocycles. The lowest BCUT2D eigenvalue weighted by Crippen LogP contribution is -2.48. The van der Waals surface area contributed by atoms with Gasteiger partial charge >= 0.3 is 5.97 Å². The molecule has 0 bridgehead atoms. The molecular weight excluding hydrogens is 198 g/mol. The maximum absolute atomic E-state index is 10.8. The number of rotatable bonds is 6. The van der Waals surface area contributed by atoms with Crippen LogP contribution in [0.1, 0.15) is 0 Å². The van der Waals surface area contributed by atoms with Crippen LogP contribution in [0.2, 0.25) is 0 Å². The van der Waals surface area contributed by atoms with Crippen LogP contribution in [0.3, 0.4) is 0 Å². The van der Waals surface area contributed by atoms with Gasteiger partial charge in [0.05, 0.1) is 6.61 Å². The van der Waals surface area contributed by atoms with E-state index in [1.54, 1.807) is 0 Å². The third-order valence-electron chi connectivity index (χ3n) is 1.51. The molecule has 0 aliphatic carbocycles. The van der Waals surface area contributed by atoms with Crippen LogP contribution in [0.4, 0.5) is 0 Å². The molecule has 0 spiro atoms. The van der Waals surface area contributed by atoms with Crippen molar-refractivity contribution in [2.24, 2.45) is 5.90 Å². The molecule has 0 saturated heterocycles. The largest absolute Gasteiger partial charge is 0.475 e. The molecular formula is C6H11NO7. The van der Waals surface area contributed by atoms with Gasteiger partial charge in [0.2, 0.25) is 0 Å². The predicted octanol–water partition coefficient (Wildman–Crippen LogP) is -3.39. The highest BCUT2D eigenvalue weighted by molar-refractivity contribution is 6.34. The summed E-state index contributed by atoms with van der Waals surface area (Å²) in [6.07, 6.45) is -5.50. The highest BCUT2D eigenvalue weighted by atomic mass is 16.6. The van der Waals surface area contributed by atoms with Gasteiger partial charge in [-0.2, -0.15) is 0 Å². The number of Topliss-reactive ketones (excluding diaryl/α,β-unsaturated/α-hetero) is 1. The van der Waals surface area contributed by atoms with Crippen LogP contribution in [0.5, 0.6) is 0 Å². The molecule has 82 valence electrons. The quantitative estimate of drug-likeness (QED) is 0.224. The van der Waals surface area contributed by atoms with E-state index >= 15 is 0 Å². The van der Waals surface area contributed by atoms with Crippen LogP contribution >= 0.6 is 0 Å². The fraction of sp³-hybridized carbons (Fsp3) is 0.667. The third-order valence-corrected chi connectivity index (χ3v) is 1.51. The second kappa shape index (κ2) is 5.62. The van der Waals surface area contributed by atoms with E-state index in [1.807, 2.05) is 0 Å². The normalized spacial score (nSPS) is 17.1. The number of ketones is 1. The summed E-state index contributed by atoms with van der Waals surface area (Å²) < 4.78 is 0. The zero-order valence-corrected chi connectivity index (χ0v) is 7.03. The van der Waals surface area contributed by atoms with E-state index in [0.717, 1.165) is 0 Å². The topological polar surface area (TPSA) is 150 Å². The number of aliphatic carboxylic acids is 1. The molecule has 0 aliphatic rings. The molecule has 0 radical (unpaired) electrons. The molecule has 0 aromatic carbocycles. The number of nitrogens with two attached hydrogens (primary N) is 1. The number of hydrogen-bond acceptors (Lipinski definition) is 7. The lowest BCUT2D eigenvalue weighted by molar-refractivity contribution is -0.164. The lowest BCUT2D eigenvalue weighted by Gasteiger charge is -2.21. The summed E-state index contributed by atoms with van der Waals surface area (Å²) in [5.41, 5.74) is 0. The summed E-state index contributed by atoms with van der Waals surface area (Å²) in [6, 6.07) is 0. The van der Waals surface area contributed by atoms with Crippen molar-refractivity contribution in [3.63, 3.8) is 0 Å². The molecule has 0 heterocycles. The smallest absolute Gasteiger partial charge is 0.375 e. The molecule has 8 nitrogen and oxygen atoms in total. The monoisotopic (exact) mass is 209 g/mol. The highest BCUT2D eigenvalue weighted by Crippen LogP contribution is 2.04. The summed E-state index contributed by atoms with van der Waals surface area (Å²) in [4.78, 5) is 24.9. The van der Waals surface area contributed by atoms with Gasteiger partial charge in [0, 0.05) is 0 Å². The number of carbonyl (C=O) groups is 2. The Morgan fingerprint density at radius 3 is 2.14 bits per heavy atom. The number of carboxylic acid groups (broad SMARTS) is 1. The molecule has 0 unspecified atom stereocenters. The molecule has 0 rings (SSSR count). The Morgan fingerprint density at radius 1 is 1.36 bits per heavy atom. The zero-order chi connectivity index (χ0) is 11.3. The number of hydrogen-bond donors (Lipinski definition) is 5. The van der Waals surface area contributed by atoms with Gasteiger partial charge in [0.15, 0.2) is 6.10 Å². The third kappa shape index (κ3) is 3.01. The minimum absolute atomic E-state index is 0.853. The minimum atomic E-state index is -1.91. The minimum Gasteiger partial charge on any atom is -0.475 e. The zero-order valence-electron chi connectivity index (χ0n) is 7.03. The van der Waals surface area contributed by atoms with Crippen molar-refractivity contribution < 1.29 is 34.9 Å². The van der Waals surface area contributed by atoms with E-state index in [1.165, 1.54) is 0 Å². The first-order chi connectivity index (χ1) is 6.45. The molecule has 3 atom stereocenters. The van der Waals surface area contributed by atoms with Gasteiger partial charge in [-0.1, -0.05) is 0 Å². The number of carboxylic acids is 1. The van der Waals surface area contributed by atoms with Crippen LogP contribution in [0.15, 0.2) is 0 Å². The Labute approximate surface area is 78.5 Å². The van der Waals surface area contributed by atoms with E-state index in [0.29, 0.717) is 0 Å². The first-order valence-electron chi connectivity index (χ1n) is 3.55. The Bertz CT molecular complexity index is 218. The summed E-state index contributed by atoms with van der Waals surface area (Å²) in [6.45, 7) is -0.853. The van der Waals surface area contributed by atoms with E-state index < -0.39 is 36.7 Å². The Morgan fingerprint density at radius 2 is 1.86 bits per heavy atom. The average molecular weight is 209 g/mol. The van der Waals surface area contributed by atoms with Gasteiger partial charge in [-0.05, 0) is 0 Å². The SMILES string of the molecule is NO[C@H](C(=O)C(=O)O)[C@H](O)[C@H](O)CO. The van der Waals surface area contributed by atoms with Gasteiger partial charge in [-0.3, -0.25) is 9.63 Å². The highest BCUT2D eigenvalue weighted by Gasteiger charge is 2.36. The number of aliphatic hydroxyl groups excluding tert-OH is 3. The first kappa shape index (κ1) is 12.9. The van der Waals surface area contributed by atoms with Crippen molar-refractivity contribution in [1.82, 2.24) is 0 Å². The van der Waals surface area contributed by atoms with E-state index in [9.17, 15) is 9.59 Å². The molecule has 0 amide bonds. The lowest BCUT2D eigenvalue weighted by atomic mass is 10.0.